The Morgan fingerprint density at radius 1 is 0.368 bits per heavy atom. The molecule has 0 radical (unpaired) electrons. The number of allylic oxidation sites excluding steroid dienone is 9. The molecule has 0 saturated carbocycles. The molecule has 0 amide bonds. The van der Waals surface area contributed by atoms with Gasteiger partial charge in [0.2, 0.25) is 0 Å². The van der Waals surface area contributed by atoms with Gasteiger partial charge in [-0.05, 0) is 135 Å². The second-order valence-electron chi connectivity index (χ2n) is 18.3. The predicted molar refractivity (Wildman–Crippen MR) is 286 cm³/mol. The van der Waals surface area contributed by atoms with Crippen LogP contribution in [0.1, 0.15) is 65.0 Å². The number of furan rings is 1. The molecule has 326 valence electrons. The topological polar surface area (TPSA) is 16.4 Å². The van der Waals surface area contributed by atoms with Crippen LogP contribution in [0.2, 0.25) is 0 Å². The molecule has 0 aliphatic heterocycles. The van der Waals surface area contributed by atoms with Crippen molar-refractivity contribution in [2.45, 2.75) is 37.0 Å². The molecule has 0 spiro atoms. The molecule has 1 aromatic heterocycles. The van der Waals surface area contributed by atoms with E-state index in [1.54, 1.807) is 0 Å². The monoisotopic (exact) mass is 873 g/mol. The number of nitrogens with zero attached hydrogens (tertiary/aromatic N) is 1. The minimum Gasteiger partial charge on any atom is -0.460 e. The highest BCUT2D eigenvalue weighted by molar-refractivity contribution is 5.90. The van der Waals surface area contributed by atoms with Gasteiger partial charge in [-0.15, -0.1) is 0 Å². The van der Waals surface area contributed by atoms with Crippen LogP contribution in [-0.4, -0.2) is 0 Å². The van der Waals surface area contributed by atoms with E-state index in [1.165, 1.54) is 72.1 Å². The maximum Gasteiger partial charge on any atom is 0.134 e. The van der Waals surface area contributed by atoms with Crippen LogP contribution in [0.25, 0.3) is 61.6 Å². The first kappa shape index (κ1) is 41.2. The van der Waals surface area contributed by atoms with Crippen molar-refractivity contribution in [2.24, 2.45) is 0 Å². The zero-order chi connectivity index (χ0) is 45.2. The maximum atomic E-state index is 6.54. The lowest BCUT2D eigenvalue weighted by molar-refractivity contribution is 0.517. The third kappa shape index (κ3) is 8.20. The van der Waals surface area contributed by atoms with E-state index in [1.807, 2.05) is 0 Å². The summed E-state index contributed by atoms with van der Waals surface area (Å²) in [6.45, 7) is 0. The number of fused-ring (bicyclic) bond motifs is 3. The second kappa shape index (κ2) is 18.2. The maximum absolute atomic E-state index is 6.54. The Morgan fingerprint density at radius 3 is 1.31 bits per heavy atom. The molecule has 68 heavy (non-hydrogen) atoms. The molecule has 1 heterocycles. The summed E-state index contributed by atoms with van der Waals surface area (Å²) in [7, 11) is 0. The highest BCUT2D eigenvalue weighted by atomic mass is 16.3. The zero-order valence-electron chi connectivity index (χ0n) is 38.0. The van der Waals surface area contributed by atoms with Gasteiger partial charge in [-0.3, -0.25) is 0 Å². The first-order valence-corrected chi connectivity index (χ1v) is 24.0. The number of hydrogen-bond acceptors (Lipinski definition) is 2. The molecule has 3 aliphatic carbocycles. The van der Waals surface area contributed by atoms with E-state index in [0.29, 0.717) is 11.8 Å². The summed E-state index contributed by atoms with van der Waals surface area (Å²) < 4.78 is 6.54. The van der Waals surface area contributed by atoms with Gasteiger partial charge in [-0.1, -0.05) is 200 Å². The van der Waals surface area contributed by atoms with E-state index in [0.717, 1.165) is 47.7 Å². The molecule has 0 fully saturated rings. The van der Waals surface area contributed by atoms with Crippen molar-refractivity contribution in [1.82, 2.24) is 0 Å². The number of rotatable bonds is 10. The van der Waals surface area contributed by atoms with Crippen LogP contribution >= 0.6 is 0 Å². The van der Waals surface area contributed by atoms with Crippen LogP contribution in [0.3, 0.4) is 0 Å². The van der Waals surface area contributed by atoms with E-state index >= 15 is 0 Å². The van der Waals surface area contributed by atoms with Crippen molar-refractivity contribution >= 4 is 34.1 Å². The Balaban J connectivity index is 0.924. The minimum atomic E-state index is 0.150. The van der Waals surface area contributed by atoms with Crippen molar-refractivity contribution in [2.75, 3.05) is 4.90 Å². The third-order valence-corrected chi connectivity index (χ3v) is 14.0. The molecule has 0 saturated heterocycles. The molecule has 0 N–H and O–H groups in total. The lowest BCUT2D eigenvalue weighted by Gasteiger charge is -2.27. The zero-order valence-corrected chi connectivity index (χ0v) is 38.0. The summed E-state index contributed by atoms with van der Waals surface area (Å²) in [6, 6.07) is 71.6. The molecule has 12 rings (SSSR count). The fourth-order valence-electron chi connectivity index (χ4n) is 10.5. The van der Waals surface area contributed by atoms with Crippen LogP contribution in [-0.2, 0) is 0 Å². The van der Waals surface area contributed by atoms with Crippen molar-refractivity contribution in [3.8, 4) is 44.5 Å². The van der Waals surface area contributed by atoms with E-state index in [4.69, 9.17) is 4.42 Å². The third-order valence-electron chi connectivity index (χ3n) is 14.0. The normalized spacial score (nSPS) is 17.1. The van der Waals surface area contributed by atoms with Gasteiger partial charge in [-0.2, -0.15) is 0 Å². The van der Waals surface area contributed by atoms with E-state index < -0.39 is 0 Å². The number of anilines is 3. The lowest BCUT2D eigenvalue weighted by atomic mass is 9.86. The van der Waals surface area contributed by atoms with Crippen molar-refractivity contribution in [3.05, 3.63) is 277 Å². The molecule has 2 heteroatoms. The Morgan fingerprint density at radius 2 is 0.824 bits per heavy atom. The van der Waals surface area contributed by atoms with Crippen LogP contribution in [0.5, 0.6) is 0 Å². The van der Waals surface area contributed by atoms with Gasteiger partial charge in [0, 0.05) is 45.8 Å². The quantitative estimate of drug-likeness (QED) is 0.136. The summed E-state index contributed by atoms with van der Waals surface area (Å²) >= 11 is 0. The molecule has 9 aromatic rings. The standard InChI is InChI=1S/C66H51NO/c1-5-16-46(17-6-1)53-40-54(47-18-7-2-8-19-47)43-57(42-53)50-28-34-59(35-29-50)67(61-38-32-52(33-39-61)62-25-15-26-64-63-24-13-14-27-65(63)68-66(62)64)60-36-30-51(31-37-60)58-44-55(48-20-9-3-10-21-48)41-56(45-58)49-22-11-4-12-23-49/h1-18,20-22,24,26-45,47,49,62H,19,23,25H2. The first-order valence-electron chi connectivity index (χ1n) is 24.0. The highest BCUT2D eigenvalue weighted by Crippen LogP contribution is 2.44. The smallest absolute Gasteiger partial charge is 0.134 e. The molecule has 3 atom stereocenters. The van der Waals surface area contributed by atoms with E-state index in [2.05, 4.69) is 260 Å². The molecule has 3 unspecified atom stereocenters. The summed E-state index contributed by atoms with van der Waals surface area (Å²) in [5.74, 6) is 1.90. The van der Waals surface area contributed by atoms with Crippen LogP contribution in [0.15, 0.2) is 253 Å². The van der Waals surface area contributed by atoms with E-state index in [9.17, 15) is 0 Å². The Kier molecular flexibility index (Phi) is 11.1. The fraction of sp³-hybridized carbons (Fsp3) is 0.0909. The second-order valence-corrected chi connectivity index (χ2v) is 18.3. The molecular weight excluding hydrogens is 823 g/mol. The molecule has 3 aliphatic rings. The van der Waals surface area contributed by atoms with Gasteiger partial charge >= 0.3 is 0 Å². The average Bonchev–Trinajstić information content (AvgIpc) is 3.81. The average molecular weight is 874 g/mol. The number of para-hydroxylation sites is 1. The first-order chi connectivity index (χ1) is 33.7. The summed E-state index contributed by atoms with van der Waals surface area (Å²) in [5.41, 5.74) is 19.1. The highest BCUT2D eigenvalue weighted by Gasteiger charge is 2.26. The molecule has 2 nitrogen and oxygen atoms in total. The molecule has 0 bridgehead atoms. The van der Waals surface area contributed by atoms with Crippen LogP contribution < -0.4 is 4.90 Å². The summed E-state index contributed by atoms with van der Waals surface area (Å²) in [4.78, 5) is 2.39. The molecule has 8 aromatic carbocycles. The Hall–Kier alpha value is -8.20. The largest absolute Gasteiger partial charge is 0.460 e. The lowest BCUT2D eigenvalue weighted by Crippen LogP contribution is -2.10. The summed E-state index contributed by atoms with van der Waals surface area (Å²) in [5, 5.41) is 1.18. The van der Waals surface area contributed by atoms with Crippen molar-refractivity contribution < 1.29 is 4.42 Å². The van der Waals surface area contributed by atoms with Crippen molar-refractivity contribution in [3.63, 3.8) is 0 Å². The fourth-order valence-corrected chi connectivity index (χ4v) is 10.5. The van der Waals surface area contributed by atoms with Gasteiger partial charge in [0.25, 0.3) is 0 Å². The van der Waals surface area contributed by atoms with E-state index in [-0.39, 0.29) is 5.92 Å². The minimum absolute atomic E-state index is 0.150. The van der Waals surface area contributed by atoms with Crippen LogP contribution in [0.4, 0.5) is 17.1 Å². The molecular formula is C66H51NO. The Labute approximate surface area is 399 Å². The number of benzene rings is 8. The van der Waals surface area contributed by atoms with Gasteiger partial charge in [0.15, 0.2) is 0 Å². The van der Waals surface area contributed by atoms with Gasteiger partial charge in [0.05, 0.1) is 0 Å². The van der Waals surface area contributed by atoms with Gasteiger partial charge in [0.1, 0.15) is 11.3 Å². The van der Waals surface area contributed by atoms with Crippen molar-refractivity contribution in [1.29, 1.82) is 0 Å². The van der Waals surface area contributed by atoms with Gasteiger partial charge in [-0.25, -0.2) is 0 Å². The van der Waals surface area contributed by atoms with Gasteiger partial charge < -0.3 is 9.32 Å². The summed E-state index contributed by atoms with van der Waals surface area (Å²) in [6.07, 6.45) is 25.3. The predicted octanol–water partition coefficient (Wildman–Crippen LogP) is 18.3. The van der Waals surface area contributed by atoms with Crippen LogP contribution in [0, 0.1) is 0 Å². The Bertz CT molecular complexity index is 3240. The number of hydrogen-bond donors (Lipinski definition) is 0. The SMILES string of the molecule is C1=CCC(c2cc(-c3ccccc3)cc(-c3ccc(N(c4ccc(-c5cc(-c6ccccc6)cc(C6C=CC=CC6)c5)cc4)c4ccc(C5CC=Cc6c5oc5ccccc65)cc4)cc3)c2)C=C1.